The molecule has 2 rings (SSSR count). The Morgan fingerprint density at radius 3 is 2.42 bits per heavy atom. The summed E-state index contributed by atoms with van der Waals surface area (Å²) >= 11 is 12.1. The average molecular weight is 532 g/mol. The van der Waals surface area contributed by atoms with E-state index in [1.165, 1.54) is 19.1 Å². The van der Waals surface area contributed by atoms with Gasteiger partial charge in [0.25, 0.3) is 0 Å². The number of nitrogens with one attached hydrogen (secondary N) is 1. The maximum absolute atomic E-state index is 13.3. The molecule has 2 aromatic rings. The third-order valence-electron chi connectivity index (χ3n) is 5.26. The van der Waals surface area contributed by atoms with Crippen molar-refractivity contribution in [2.75, 3.05) is 20.7 Å². The van der Waals surface area contributed by atoms with E-state index in [1.807, 2.05) is 6.07 Å². The van der Waals surface area contributed by atoms with Gasteiger partial charge in [0.15, 0.2) is 0 Å². The molecule has 190 valence electrons. The van der Waals surface area contributed by atoms with Crippen LogP contribution in [0.1, 0.15) is 25.0 Å². The number of hydrogen-bond acceptors (Lipinski definition) is 6. The number of nitriles is 1. The van der Waals surface area contributed by atoms with Crippen LogP contribution in [0.3, 0.4) is 0 Å². The minimum absolute atomic E-state index is 0.150. The van der Waals surface area contributed by atoms with Crippen molar-refractivity contribution in [3.8, 4) is 6.07 Å². The first-order chi connectivity index (χ1) is 17.1. The third-order valence-corrected chi connectivity index (χ3v) is 5.87. The molecule has 0 saturated heterocycles. The van der Waals surface area contributed by atoms with E-state index in [9.17, 15) is 14.4 Å². The van der Waals surface area contributed by atoms with Gasteiger partial charge in [-0.2, -0.15) is 5.26 Å². The van der Waals surface area contributed by atoms with Crippen LogP contribution in [0.25, 0.3) is 0 Å². The van der Waals surface area contributed by atoms with Crippen molar-refractivity contribution in [2.45, 2.75) is 26.8 Å². The van der Waals surface area contributed by atoms with Gasteiger partial charge in [0.05, 0.1) is 31.2 Å². The first kappa shape index (κ1) is 28.6. The van der Waals surface area contributed by atoms with Gasteiger partial charge in [-0.15, -0.1) is 0 Å². The number of halogens is 2. The van der Waals surface area contributed by atoms with Gasteiger partial charge in [-0.1, -0.05) is 48.3 Å². The first-order valence-corrected chi connectivity index (χ1v) is 11.7. The predicted molar refractivity (Wildman–Crippen MR) is 138 cm³/mol. The van der Waals surface area contributed by atoms with E-state index < -0.39 is 23.9 Å². The number of aliphatic imine (C=N–C) groups is 1. The fourth-order valence-electron chi connectivity index (χ4n) is 3.09. The molecular formula is C25H27Cl2N5O4. The lowest BCUT2D eigenvalue weighted by molar-refractivity contribution is -0.145. The molecule has 0 spiro atoms. The number of urea groups is 2. The fourth-order valence-corrected chi connectivity index (χ4v) is 3.46. The second-order valence-corrected chi connectivity index (χ2v) is 8.77. The molecule has 0 aromatic heterocycles. The molecule has 9 nitrogen and oxygen atoms in total. The molecule has 2 aromatic carbocycles. The number of amides is 4. The number of carbonyl (C=O) groups is 3. The number of hydrogen-bond donors (Lipinski definition) is 1. The monoisotopic (exact) mass is 531 g/mol. The number of nitrogens with zero attached hydrogens (tertiary/aromatic N) is 4. The number of amidine groups is 1. The minimum Gasteiger partial charge on any atom is -0.469 e. The number of ether oxygens (including phenoxy) is 1. The summed E-state index contributed by atoms with van der Waals surface area (Å²) in [4.78, 5) is 44.8. The summed E-state index contributed by atoms with van der Waals surface area (Å²) in [7, 11) is 2.71. The van der Waals surface area contributed by atoms with Crippen molar-refractivity contribution in [3.63, 3.8) is 0 Å². The molecule has 1 atom stereocenters. The van der Waals surface area contributed by atoms with Crippen molar-refractivity contribution < 1.29 is 19.1 Å². The van der Waals surface area contributed by atoms with Gasteiger partial charge in [0.1, 0.15) is 5.84 Å². The van der Waals surface area contributed by atoms with Crippen LogP contribution in [0.5, 0.6) is 0 Å². The topological polar surface area (TPSA) is 115 Å². The maximum Gasteiger partial charge on any atom is 0.333 e. The van der Waals surface area contributed by atoms with Gasteiger partial charge in [0.2, 0.25) is 0 Å². The van der Waals surface area contributed by atoms with Gasteiger partial charge in [-0.05, 0) is 42.3 Å². The highest BCUT2D eigenvalue weighted by Crippen LogP contribution is 2.24. The molecule has 0 aliphatic heterocycles. The molecule has 0 radical (unpaired) electrons. The maximum atomic E-state index is 13.3. The second-order valence-electron chi connectivity index (χ2n) is 7.93. The van der Waals surface area contributed by atoms with Crippen molar-refractivity contribution in [1.29, 1.82) is 5.26 Å². The molecule has 0 aliphatic rings. The Labute approximate surface area is 220 Å². The SMILES string of the molecule is COC(=O)[C@@H](C)CN(C(=O)NCc1ccc(Cl)cc1)C(=O)N(C)C(C)=Nc1ccc(CC#N)c(Cl)c1. The van der Waals surface area contributed by atoms with Crippen LogP contribution in [0.4, 0.5) is 15.3 Å². The van der Waals surface area contributed by atoms with Crippen LogP contribution in [0, 0.1) is 17.2 Å². The Bertz CT molecular complexity index is 1180. The molecular weight excluding hydrogens is 505 g/mol. The lowest BCUT2D eigenvalue weighted by atomic mass is 10.1. The highest BCUT2D eigenvalue weighted by atomic mass is 35.5. The molecule has 0 fully saturated rings. The lowest BCUT2D eigenvalue weighted by Gasteiger charge is -2.28. The van der Waals surface area contributed by atoms with Gasteiger partial charge in [-0.25, -0.2) is 19.5 Å². The van der Waals surface area contributed by atoms with Crippen molar-refractivity contribution in [2.24, 2.45) is 10.9 Å². The van der Waals surface area contributed by atoms with E-state index in [1.54, 1.807) is 56.3 Å². The fraction of sp³-hybridized carbons (Fsp3) is 0.320. The smallest absolute Gasteiger partial charge is 0.333 e. The summed E-state index contributed by atoms with van der Waals surface area (Å²) in [6.45, 7) is 3.10. The van der Waals surface area contributed by atoms with Gasteiger partial charge in [0, 0.05) is 30.2 Å². The summed E-state index contributed by atoms with van der Waals surface area (Å²) in [5, 5.41) is 12.5. The van der Waals surface area contributed by atoms with E-state index in [-0.39, 0.29) is 25.3 Å². The number of rotatable bonds is 7. The molecule has 0 unspecified atom stereocenters. The van der Waals surface area contributed by atoms with E-state index in [0.29, 0.717) is 21.3 Å². The Hall–Kier alpha value is -3.61. The molecule has 0 aliphatic carbocycles. The van der Waals surface area contributed by atoms with Gasteiger partial charge < -0.3 is 10.1 Å². The van der Waals surface area contributed by atoms with Crippen LogP contribution in [-0.2, 0) is 22.5 Å². The Balaban J connectivity index is 2.23. The van der Waals surface area contributed by atoms with Crippen LogP contribution in [-0.4, -0.2) is 54.4 Å². The molecule has 1 N–H and O–H groups in total. The standard InChI is InChI=1S/C25H27Cl2N5O4/c1-16(23(33)36-4)15-32(24(34)29-14-18-5-8-20(26)9-6-18)25(35)31(3)17(2)30-21-10-7-19(11-12-28)22(27)13-21/h5-10,13,16H,11,14-15H2,1-4H3,(H,29,34)/t16-/m0/s1. The predicted octanol–water partition coefficient (Wildman–Crippen LogP) is 5.18. The molecule has 36 heavy (non-hydrogen) atoms. The van der Waals surface area contributed by atoms with Crippen LogP contribution in [0.2, 0.25) is 10.0 Å². The molecule has 11 heteroatoms. The molecule has 0 heterocycles. The molecule has 4 amide bonds. The van der Waals surface area contributed by atoms with Crippen molar-refractivity contribution in [1.82, 2.24) is 15.1 Å². The average Bonchev–Trinajstić information content (AvgIpc) is 2.86. The van der Waals surface area contributed by atoms with Crippen LogP contribution in [0.15, 0.2) is 47.5 Å². The summed E-state index contributed by atoms with van der Waals surface area (Å²) in [5.41, 5.74) is 1.92. The lowest BCUT2D eigenvalue weighted by Crippen LogP contribution is -2.52. The molecule has 0 saturated carbocycles. The highest BCUT2D eigenvalue weighted by Gasteiger charge is 2.30. The Morgan fingerprint density at radius 1 is 1.17 bits per heavy atom. The zero-order chi connectivity index (χ0) is 26.8. The normalized spacial score (nSPS) is 11.8. The number of esters is 1. The van der Waals surface area contributed by atoms with E-state index >= 15 is 0 Å². The van der Waals surface area contributed by atoms with E-state index in [0.717, 1.165) is 10.5 Å². The van der Waals surface area contributed by atoms with Crippen LogP contribution < -0.4 is 5.32 Å². The number of benzene rings is 2. The summed E-state index contributed by atoms with van der Waals surface area (Å²) in [6.07, 6.45) is 0.165. The van der Waals surface area contributed by atoms with E-state index in [4.69, 9.17) is 33.2 Å². The van der Waals surface area contributed by atoms with Crippen molar-refractivity contribution >= 4 is 52.8 Å². The van der Waals surface area contributed by atoms with E-state index in [2.05, 4.69) is 10.3 Å². The van der Waals surface area contributed by atoms with Gasteiger partial charge in [-0.3, -0.25) is 9.69 Å². The first-order valence-electron chi connectivity index (χ1n) is 10.9. The largest absolute Gasteiger partial charge is 0.469 e. The van der Waals surface area contributed by atoms with Gasteiger partial charge >= 0.3 is 18.0 Å². The zero-order valence-corrected chi connectivity index (χ0v) is 21.9. The number of imide groups is 1. The summed E-state index contributed by atoms with van der Waals surface area (Å²) in [5.74, 6) is -1.03. The van der Waals surface area contributed by atoms with Crippen LogP contribution >= 0.6 is 23.2 Å². The Morgan fingerprint density at radius 2 is 1.83 bits per heavy atom. The van der Waals surface area contributed by atoms with Crippen molar-refractivity contribution in [3.05, 3.63) is 63.6 Å². The summed E-state index contributed by atoms with van der Waals surface area (Å²) < 4.78 is 4.75. The zero-order valence-electron chi connectivity index (χ0n) is 20.4. The third kappa shape index (κ3) is 7.97. The number of methoxy groups -OCH3 is 1. The number of carbonyl (C=O) groups excluding carboxylic acids is 3. The second kappa shape index (κ2) is 13.5. The quantitative estimate of drug-likeness (QED) is 0.300. The summed E-state index contributed by atoms with van der Waals surface area (Å²) in [6, 6.07) is 12.5. The highest BCUT2D eigenvalue weighted by molar-refractivity contribution is 6.31. The molecule has 0 bridgehead atoms. The minimum atomic E-state index is -0.752. The Kier molecular flexibility index (Phi) is 10.7.